The highest BCUT2D eigenvalue weighted by atomic mass is 35.5. The van der Waals surface area contributed by atoms with Crippen molar-refractivity contribution in [2.24, 2.45) is 0 Å². The summed E-state index contributed by atoms with van der Waals surface area (Å²) in [6, 6.07) is 2.61. The second-order valence-electron chi connectivity index (χ2n) is 6.88. The van der Waals surface area contributed by atoms with Crippen molar-refractivity contribution < 1.29 is 28.6 Å². The molecule has 0 saturated carbocycles. The summed E-state index contributed by atoms with van der Waals surface area (Å²) in [5, 5.41) is 0.113. The lowest BCUT2D eigenvalue weighted by Crippen LogP contribution is -2.53. The zero-order valence-corrected chi connectivity index (χ0v) is 17.3. The van der Waals surface area contributed by atoms with Crippen LogP contribution >= 0.6 is 34.8 Å². The van der Waals surface area contributed by atoms with E-state index in [0.717, 1.165) is 0 Å². The summed E-state index contributed by atoms with van der Waals surface area (Å²) in [5.41, 5.74) is -2.50. The maximum Gasteiger partial charge on any atom is 0.348 e. The third-order valence-electron chi connectivity index (χ3n) is 4.26. The molecule has 0 unspecified atom stereocenters. The maximum atomic E-state index is 12.8. The molecule has 2 rings (SSSR count). The Bertz CT molecular complexity index is 753. The van der Waals surface area contributed by atoms with Crippen LogP contribution in [0.5, 0.6) is 0 Å². The van der Waals surface area contributed by atoms with Crippen LogP contribution in [0.25, 0.3) is 0 Å². The van der Waals surface area contributed by atoms with Gasteiger partial charge in [0.25, 0.3) is 0 Å². The summed E-state index contributed by atoms with van der Waals surface area (Å²) < 4.78 is 15.6. The average molecular weight is 438 g/mol. The minimum Gasteiger partial charge on any atom is -0.469 e. The van der Waals surface area contributed by atoms with E-state index in [4.69, 9.17) is 44.3 Å². The fourth-order valence-electron chi connectivity index (χ4n) is 3.04. The SMILES string of the molecule is COC(=O)C[C@]1(C(=O)OC(=O)c2c(Cl)cc(Cl)cc2Cl)CCCC(C)(C)O1. The summed E-state index contributed by atoms with van der Waals surface area (Å²) in [6.07, 6.45) is 1.13. The molecule has 1 fully saturated rings. The molecule has 0 amide bonds. The molecule has 1 aliphatic heterocycles. The quantitative estimate of drug-likeness (QED) is 0.505. The van der Waals surface area contributed by atoms with Crippen LogP contribution in [0.2, 0.25) is 15.1 Å². The monoisotopic (exact) mass is 436 g/mol. The normalized spacial score (nSPS) is 21.4. The molecule has 0 aliphatic carbocycles. The summed E-state index contributed by atoms with van der Waals surface area (Å²) in [7, 11) is 1.20. The summed E-state index contributed by atoms with van der Waals surface area (Å²) in [6.45, 7) is 3.58. The summed E-state index contributed by atoms with van der Waals surface area (Å²) >= 11 is 17.8. The van der Waals surface area contributed by atoms with E-state index in [0.29, 0.717) is 12.8 Å². The Labute approximate surface area is 172 Å². The first-order valence-electron chi connectivity index (χ1n) is 8.18. The molecule has 0 radical (unpaired) electrons. The molecule has 27 heavy (non-hydrogen) atoms. The highest BCUT2D eigenvalue weighted by Crippen LogP contribution is 2.39. The van der Waals surface area contributed by atoms with Crippen LogP contribution in [0.1, 0.15) is 49.9 Å². The fourth-order valence-corrected chi connectivity index (χ4v) is 4.01. The van der Waals surface area contributed by atoms with E-state index in [2.05, 4.69) is 4.74 Å². The van der Waals surface area contributed by atoms with Gasteiger partial charge in [-0.1, -0.05) is 34.8 Å². The van der Waals surface area contributed by atoms with Gasteiger partial charge >= 0.3 is 17.9 Å². The molecule has 1 atom stereocenters. The van der Waals surface area contributed by atoms with Gasteiger partial charge in [0.2, 0.25) is 0 Å². The van der Waals surface area contributed by atoms with Crippen LogP contribution in [0, 0.1) is 0 Å². The molecule has 1 heterocycles. The van der Waals surface area contributed by atoms with Crippen LogP contribution in [-0.4, -0.2) is 36.2 Å². The van der Waals surface area contributed by atoms with E-state index in [1.807, 2.05) is 0 Å². The Hall–Kier alpha value is -1.34. The molecule has 6 nitrogen and oxygen atoms in total. The largest absolute Gasteiger partial charge is 0.469 e. The predicted octanol–water partition coefficient (Wildman–Crippen LogP) is 4.61. The van der Waals surface area contributed by atoms with E-state index in [1.54, 1.807) is 13.8 Å². The Kier molecular flexibility index (Phi) is 6.79. The lowest BCUT2D eigenvalue weighted by molar-refractivity contribution is -0.207. The molecule has 1 aromatic carbocycles. The van der Waals surface area contributed by atoms with E-state index < -0.39 is 29.1 Å². The Morgan fingerprint density at radius 2 is 1.70 bits per heavy atom. The number of esters is 3. The molecule has 1 aromatic rings. The minimum atomic E-state index is -1.63. The van der Waals surface area contributed by atoms with Crippen molar-refractivity contribution in [2.45, 2.75) is 50.7 Å². The zero-order chi connectivity index (χ0) is 20.4. The molecule has 0 aromatic heterocycles. The van der Waals surface area contributed by atoms with Crippen molar-refractivity contribution in [2.75, 3.05) is 7.11 Å². The molecular weight excluding hydrogens is 419 g/mol. The molecule has 0 spiro atoms. The van der Waals surface area contributed by atoms with E-state index in [1.165, 1.54) is 19.2 Å². The van der Waals surface area contributed by atoms with Gasteiger partial charge in [-0.15, -0.1) is 0 Å². The highest BCUT2D eigenvalue weighted by molar-refractivity contribution is 6.42. The van der Waals surface area contributed by atoms with Crippen molar-refractivity contribution >= 4 is 52.7 Å². The third-order valence-corrected chi connectivity index (χ3v) is 5.07. The smallest absolute Gasteiger partial charge is 0.348 e. The van der Waals surface area contributed by atoms with Crippen molar-refractivity contribution in [3.05, 3.63) is 32.8 Å². The minimum absolute atomic E-state index is 0.0581. The van der Waals surface area contributed by atoms with Crippen molar-refractivity contribution in [3.8, 4) is 0 Å². The summed E-state index contributed by atoms with van der Waals surface area (Å²) in [5.74, 6) is -2.70. The van der Waals surface area contributed by atoms with Crippen molar-refractivity contribution in [1.82, 2.24) is 0 Å². The van der Waals surface area contributed by atoms with E-state index >= 15 is 0 Å². The van der Waals surface area contributed by atoms with Gasteiger partial charge in [-0.05, 0) is 45.2 Å². The van der Waals surface area contributed by atoms with Crippen molar-refractivity contribution in [1.29, 1.82) is 0 Å². The first-order chi connectivity index (χ1) is 12.5. The molecule has 9 heteroatoms. The lowest BCUT2D eigenvalue weighted by atomic mass is 9.84. The molecule has 148 valence electrons. The van der Waals surface area contributed by atoms with Gasteiger partial charge in [0.1, 0.15) is 0 Å². The second-order valence-corrected chi connectivity index (χ2v) is 8.13. The van der Waals surface area contributed by atoms with Gasteiger partial charge in [0, 0.05) is 5.02 Å². The zero-order valence-electron chi connectivity index (χ0n) is 15.1. The van der Waals surface area contributed by atoms with Gasteiger partial charge in [-0.25, -0.2) is 9.59 Å². The predicted molar refractivity (Wildman–Crippen MR) is 100 cm³/mol. The molecule has 0 N–H and O–H groups in total. The second kappa shape index (κ2) is 8.35. The van der Waals surface area contributed by atoms with Gasteiger partial charge < -0.3 is 14.2 Å². The number of ether oxygens (including phenoxy) is 3. The number of hydrogen-bond acceptors (Lipinski definition) is 6. The number of benzene rings is 1. The van der Waals surface area contributed by atoms with Gasteiger partial charge in [-0.2, -0.15) is 0 Å². The number of carbonyl (C=O) groups is 3. The Balaban J connectivity index is 2.31. The van der Waals surface area contributed by atoms with Crippen LogP contribution in [0.15, 0.2) is 12.1 Å². The van der Waals surface area contributed by atoms with Crippen LogP contribution in [-0.2, 0) is 23.8 Å². The molecule has 0 bridgehead atoms. The first-order valence-corrected chi connectivity index (χ1v) is 9.31. The van der Waals surface area contributed by atoms with Crippen molar-refractivity contribution in [3.63, 3.8) is 0 Å². The van der Waals surface area contributed by atoms with E-state index in [-0.39, 0.29) is 33.5 Å². The lowest BCUT2D eigenvalue weighted by Gasteiger charge is -2.42. The molecule has 1 aliphatic rings. The molecular formula is C18H19Cl3O6. The fraction of sp³-hybridized carbons (Fsp3) is 0.500. The van der Waals surface area contributed by atoms with E-state index in [9.17, 15) is 14.4 Å². The molecule has 1 saturated heterocycles. The summed E-state index contributed by atoms with van der Waals surface area (Å²) in [4.78, 5) is 37.2. The van der Waals surface area contributed by atoms with Gasteiger partial charge in [0.15, 0.2) is 5.60 Å². The Morgan fingerprint density at radius 3 is 2.22 bits per heavy atom. The number of hydrogen-bond donors (Lipinski definition) is 0. The van der Waals surface area contributed by atoms with Gasteiger partial charge in [-0.3, -0.25) is 4.79 Å². The average Bonchev–Trinajstić information content (AvgIpc) is 2.52. The third kappa shape index (κ3) is 5.13. The topological polar surface area (TPSA) is 78.9 Å². The van der Waals surface area contributed by atoms with Crippen LogP contribution in [0.4, 0.5) is 0 Å². The van der Waals surface area contributed by atoms with Crippen LogP contribution in [0.3, 0.4) is 0 Å². The first kappa shape index (κ1) is 22.0. The highest BCUT2D eigenvalue weighted by Gasteiger charge is 2.50. The maximum absolute atomic E-state index is 12.8. The number of halogens is 3. The van der Waals surface area contributed by atoms with Gasteiger partial charge in [0.05, 0.1) is 34.7 Å². The van der Waals surface area contributed by atoms with Crippen LogP contribution < -0.4 is 0 Å². The number of methoxy groups -OCH3 is 1. The standard InChI is InChI=1S/C18H19Cl3O6/c1-17(2)5-4-6-18(27-17,9-13(22)25-3)16(24)26-15(23)14-11(20)7-10(19)8-12(14)21/h7-8H,4-6,9H2,1-3H3/t18-/m0/s1. The number of carbonyl (C=O) groups excluding carboxylic acids is 3. The Morgan fingerprint density at radius 1 is 1.11 bits per heavy atom. The number of rotatable bonds is 4.